The van der Waals surface area contributed by atoms with E-state index >= 15 is 0 Å². The molecular formula is C11H20N4S. The number of nitrogen functional groups attached to an aromatic ring is 1. The monoisotopic (exact) mass is 240 g/mol. The highest BCUT2D eigenvalue weighted by atomic mass is 32.1. The zero-order chi connectivity index (χ0) is 11.5. The number of rotatable bonds is 4. The first-order valence-corrected chi connectivity index (χ1v) is 6.80. The van der Waals surface area contributed by atoms with Crippen LogP contribution in [0.15, 0.2) is 0 Å². The summed E-state index contributed by atoms with van der Waals surface area (Å²) in [7, 11) is 0. The average Bonchev–Trinajstić information content (AvgIpc) is 2.84. The maximum atomic E-state index is 5.61. The Kier molecular flexibility index (Phi) is 3.63. The lowest BCUT2D eigenvalue weighted by atomic mass is 10.1. The summed E-state index contributed by atoms with van der Waals surface area (Å²) in [6, 6.07) is 0.648. The van der Waals surface area contributed by atoms with Crippen LogP contribution in [0.4, 0.5) is 11.1 Å². The summed E-state index contributed by atoms with van der Waals surface area (Å²) in [6.45, 7) is 5.54. The molecule has 0 unspecified atom stereocenters. The lowest BCUT2D eigenvalue weighted by Crippen LogP contribution is -2.36. The number of anilines is 2. The van der Waals surface area contributed by atoms with Gasteiger partial charge in [-0.05, 0) is 18.8 Å². The first-order valence-electron chi connectivity index (χ1n) is 6.02. The van der Waals surface area contributed by atoms with Gasteiger partial charge in [0.05, 0.1) is 0 Å². The van der Waals surface area contributed by atoms with E-state index in [0.29, 0.717) is 17.9 Å². The smallest absolute Gasteiger partial charge is 0.233 e. The van der Waals surface area contributed by atoms with Gasteiger partial charge in [-0.25, -0.2) is 0 Å². The Morgan fingerprint density at radius 3 is 2.62 bits per heavy atom. The molecule has 1 aliphatic carbocycles. The van der Waals surface area contributed by atoms with Gasteiger partial charge in [-0.15, -0.1) is 0 Å². The van der Waals surface area contributed by atoms with Crippen LogP contribution in [0.2, 0.25) is 0 Å². The van der Waals surface area contributed by atoms with Crippen molar-refractivity contribution in [3.05, 3.63) is 0 Å². The summed E-state index contributed by atoms with van der Waals surface area (Å²) in [5.41, 5.74) is 5.61. The van der Waals surface area contributed by atoms with E-state index in [1.807, 2.05) is 0 Å². The summed E-state index contributed by atoms with van der Waals surface area (Å²) >= 11 is 1.43. The Bertz CT molecular complexity index is 330. The van der Waals surface area contributed by atoms with Gasteiger partial charge in [0.2, 0.25) is 11.1 Å². The average molecular weight is 240 g/mol. The van der Waals surface area contributed by atoms with Crippen molar-refractivity contribution in [1.82, 2.24) is 9.36 Å². The molecule has 0 amide bonds. The van der Waals surface area contributed by atoms with Crippen LogP contribution in [0, 0.1) is 5.92 Å². The van der Waals surface area contributed by atoms with Crippen LogP contribution in [-0.4, -0.2) is 21.9 Å². The second-order valence-electron chi connectivity index (χ2n) is 4.92. The molecule has 2 rings (SSSR count). The van der Waals surface area contributed by atoms with Crippen LogP contribution in [0.25, 0.3) is 0 Å². The SMILES string of the molecule is CC(C)CN(c1nc(N)ns1)C1CCCC1. The topological polar surface area (TPSA) is 55.0 Å². The van der Waals surface area contributed by atoms with Gasteiger partial charge in [0, 0.05) is 24.1 Å². The summed E-state index contributed by atoms with van der Waals surface area (Å²) < 4.78 is 4.08. The summed E-state index contributed by atoms with van der Waals surface area (Å²) in [5, 5.41) is 0.998. The zero-order valence-corrected chi connectivity index (χ0v) is 10.8. The molecule has 0 atom stereocenters. The minimum Gasteiger partial charge on any atom is -0.367 e. The molecule has 90 valence electrons. The first kappa shape index (κ1) is 11.6. The van der Waals surface area contributed by atoms with Gasteiger partial charge < -0.3 is 10.6 Å². The maximum absolute atomic E-state index is 5.61. The molecule has 4 nitrogen and oxygen atoms in total. The maximum Gasteiger partial charge on any atom is 0.233 e. The molecule has 1 fully saturated rings. The van der Waals surface area contributed by atoms with Crippen molar-refractivity contribution in [3.8, 4) is 0 Å². The molecule has 16 heavy (non-hydrogen) atoms. The van der Waals surface area contributed by atoms with E-state index in [1.165, 1.54) is 37.2 Å². The van der Waals surface area contributed by atoms with Crippen LogP contribution >= 0.6 is 11.5 Å². The number of nitrogens with two attached hydrogens (primary N) is 1. The lowest BCUT2D eigenvalue weighted by molar-refractivity contribution is 0.535. The van der Waals surface area contributed by atoms with E-state index in [2.05, 4.69) is 28.1 Å². The fourth-order valence-electron chi connectivity index (χ4n) is 2.34. The molecule has 1 aromatic rings. The predicted molar refractivity (Wildman–Crippen MR) is 68.8 cm³/mol. The molecule has 0 spiro atoms. The van der Waals surface area contributed by atoms with Crippen molar-refractivity contribution in [2.24, 2.45) is 5.92 Å². The molecule has 1 aromatic heterocycles. The molecule has 1 saturated carbocycles. The minimum absolute atomic E-state index is 0.409. The largest absolute Gasteiger partial charge is 0.367 e. The van der Waals surface area contributed by atoms with Gasteiger partial charge in [0.1, 0.15) is 0 Å². The highest BCUT2D eigenvalue weighted by molar-refractivity contribution is 7.09. The van der Waals surface area contributed by atoms with Crippen molar-refractivity contribution in [2.75, 3.05) is 17.2 Å². The van der Waals surface area contributed by atoms with E-state index < -0.39 is 0 Å². The molecule has 0 aliphatic heterocycles. The Morgan fingerprint density at radius 1 is 1.44 bits per heavy atom. The van der Waals surface area contributed by atoms with Gasteiger partial charge in [-0.1, -0.05) is 26.7 Å². The molecule has 1 heterocycles. The molecule has 5 heteroatoms. The summed E-state index contributed by atoms with van der Waals surface area (Å²) in [5.74, 6) is 1.05. The summed E-state index contributed by atoms with van der Waals surface area (Å²) in [6.07, 6.45) is 5.25. The highest BCUT2D eigenvalue weighted by Crippen LogP contribution is 2.30. The number of aromatic nitrogens is 2. The molecule has 0 aromatic carbocycles. The minimum atomic E-state index is 0.409. The second-order valence-corrected chi connectivity index (χ2v) is 5.65. The van der Waals surface area contributed by atoms with Gasteiger partial charge in [0.25, 0.3) is 0 Å². The molecule has 0 radical (unpaired) electrons. The van der Waals surface area contributed by atoms with Crippen molar-refractivity contribution in [1.29, 1.82) is 0 Å². The lowest BCUT2D eigenvalue weighted by Gasteiger charge is -2.29. The van der Waals surface area contributed by atoms with E-state index in [0.717, 1.165) is 11.7 Å². The number of hydrogen-bond donors (Lipinski definition) is 1. The second kappa shape index (κ2) is 4.99. The van der Waals surface area contributed by atoms with Crippen LogP contribution in [0.1, 0.15) is 39.5 Å². The van der Waals surface area contributed by atoms with Crippen LogP contribution in [-0.2, 0) is 0 Å². The third kappa shape index (κ3) is 2.64. The number of hydrogen-bond acceptors (Lipinski definition) is 5. The van der Waals surface area contributed by atoms with E-state index in [-0.39, 0.29) is 0 Å². The normalized spacial score (nSPS) is 17.2. The summed E-state index contributed by atoms with van der Waals surface area (Å²) in [4.78, 5) is 6.73. The molecule has 2 N–H and O–H groups in total. The fourth-order valence-corrected chi connectivity index (χ4v) is 3.01. The van der Waals surface area contributed by atoms with Crippen molar-refractivity contribution < 1.29 is 0 Å². The third-order valence-electron chi connectivity index (χ3n) is 3.00. The van der Waals surface area contributed by atoms with Crippen LogP contribution in [0.5, 0.6) is 0 Å². The Morgan fingerprint density at radius 2 is 2.12 bits per heavy atom. The quantitative estimate of drug-likeness (QED) is 0.878. The van der Waals surface area contributed by atoms with E-state index in [4.69, 9.17) is 5.73 Å². The Balaban J connectivity index is 2.13. The first-order chi connectivity index (χ1) is 7.66. The Hall–Kier alpha value is -0.840. The van der Waals surface area contributed by atoms with Gasteiger partial charge >= 0.3 is 0 Å². The predicted octanol–water partition coefficient (Wildman–Crippen LogP) is 2.53. The Labute approximate surface area is 101 Å². The standard InChI is InChI=1S/C11H20N4S/c1-8(2)7-15(9-5-3-4-6-9)11-13-10(12)14-16-11/h8-9H,3-7H2,1-2H3,(H2,12,14). The highest BCUT2D eigenvalue weighted by Gasteiger charge is 2.25. The zero-order valence-electron chi connectivity index (χ0n) is 10.0. The van der Waals surface area contributed by atoms with Crippen molar-refractivity contribution >= 4 is 22.6 Å². The third-order valence-corrected chi connectivity index (χ3v) is 3.77. The van der Waals surface area contributed by atoms with Gasteiger partial charge in [-0.2, -0.15) is 9.36 Å². The van der Waals surface area contributed by atoms with Crippen LogP contribution < -0.4 is 10.6 Å². The molecule has 1 aliphatic rings. The van der Waals surface area contributed by atoms with E-state index in [1.54, 1.807) is 0 Å². The molecular weight excluding hydrogens is 220 g/mol. The molecule has 0 bridgehead atoms. The number of nitrogens with zero attached hydrogens (tertiary/aromatic N) is 3. The fraction of sp³-hybridized carbons (Fsp3) is 0.818. The van der Waals surface area contributed by atoms with Crippen molar-refractivity contribution in [2.45, 2.75) is 45.6 Å². The van der Waals surface area contributed by atoms with Crippen LogP contribution in [0.3, 0.4) is 0 Å². The van der Waals surface area contributed by atoms with Crippen molar-refractivity contribution in [3.63, 3.8) is 0 Å². The van der Waals surface area contributed by atoms with Gasteiger partial charge in [0.15, 0.2) is 0 Å². The van der Waals surface area contributed by atoms with Gasteiger partial charge in [-0.3, -0.25) is 0 Å². The van der Waals surface area contributed by atoms with E-state index in [9.17, 15) is 0 Å². The molecule has 0 saturated heterocycles.